The zero-order valence-corrected chi connectivity index (χ0v) is 13.9. The van der Waals surface area contributed by atoms with Gasteiger partial charge in [-0.1, -0.05) is 27.7 Å². The highest BCUT2D eigenvalue weighted by Crippen LogP contribution is 2.22. The Hall–Kier alpha value is -1.69. The van der Waals surface area contributed by atoms with Crippen LogP contribution in [0.15, 0.2) is 17.8 Å². The number of hydrogen-bond acceptors (Lipinski definition) is 4. The molecular weight excluding hydrogens is 284 g/mol. The van der Waals surface area contributed by atoms with E-state index in [9.17, 15) is 4.79 Å². The van der Waals surface area contributed by atoms with E-state index in [1.54, 1.807) is 6.20 Å². The molecule has 0 saturated carbocycles. The van der Waals surface area contributed by atoms with Crippen LogP contribution >= 0.6 is 11.3 Å². The SMILES string of the molecule is CC(C)c1csc(C(=O)N[C@H](c2nccn2C)C(C)C)n1. The molecule has 5 nitrogen and oxygen atoms in total. The third kappa shape index (κ3) is 3.50. The van der Waals surface area contributed by atoms with Crippen molar-refractivity contribution in [1.82, 2.24) is 19.9 Å². The van der Waals surface area contributed by atoms with Crippen LogP contribution in [0.2, 0.25) is 0 Å². The van der Waals surface area contributed by atoms with E-state index in [1.807, 2.05) is 23.2 Å². The smallest absolute Gasteiger partial charge is 0.280 e. The van der Waals surface area contributed by atoms with Crippen molar-refractivity contribution >= 4 is 17.2 Å². The average molecular weight is 306 g/mol. The third-order valence-corrected chi connectivity index (χ3v) is 4.26. The highest BCUT2D eigenvalue weighted by atomic mass is 32.1. The van der Waals surface area contributed by atoms with E-state index in [2.05, 4.69) is 43.0 Å². The topological polar surface area (TPSA) is 59.8 Å². The summed E-state index contributed by atoms with van der Waals surface area (Å²) in [5.74, 6) is 1.31. The van der Waals surface area contributed by atoms with Crippen LogP contribution in [0.5, 0.6) is 0 Å². The van der Waals surface area contributed by atoms with Gasteiger partial charge in [-0.25, -0.2) is 9.97 Å². The van der Waals surface area contributed by atoms with Crippen molar-refractivity contribution in [3.63, 3.8) is 0 Å². The van der Waals surface area contributed by atoms with Gasteiger partial charge in [0.1, 0.15) is 5.82 Å². The number of nitrogens with one attached hydrogen (secondary N) is 1. The fourth-order valence-electron chi connectivity index (χ4n) is 2.06. The molecule has 0 bridgehead atoms. The van der Waals surface area contributed by atoms with Crippen LogP contribution in [-0.2, 0) is 7.05 Å². The highest BCUT2D eigenvalue weighted by molar-refractivity contribution is 7.11. The summed E-state index contributed by atoms with van der Waals surface area (Å²) in [6.45, 7) is 8.28. The molecule has 0 unspecified atom stereocenters. The first-order valence-electron chi connectivity index (χ1n) is 7.13. The van der Waals surface area contributed by atoms with Gasteiger partial charge in [-0.3, -0.25) is 4.79 Å². The van der Waals surface area contributed by atoms with E-state index < -0.39 is 0 Å². The van der Waals surface area contributed by atoms with Gasteiger partial charge in [0.15, 0.2) is 5.01 Å². The van der Waals surface area contributed by atoms with E-state index in [0.29, 0.717) is 10.9 Å². The number of nitrogens with zero attached hydrogens (tertiary/aromatic N) is 3. The summed E-state index contributed by atoms with van der Waals surface area (Å²) in [4.78, 5) is 21.2. The average Bonchev–Trinajstić information content (AvgIpc) is 3.04. The van der Waals surface area contributed by atoms with Gasteiger partial charge in [-0.05, 0) is 11.8 Å². The number of aryl methyl sites for hydroxylation is 1. The summed E-state index contributed by atoms with van der Waals surface area (Å²) in [6, 6.07) is -0.121. The Kier molecular flexibility index (Phi) is 4.77. The normalized spacial score (nSPS) is 12.9. The fourth-order valence-corrected chi connectivity index (χ4v) is 2.95. The Morgan fingerprint density at radius 2 is 2.05 bits per heavy atom. The molecule has 2 aromatic heterocycles. The van der Waals surface area contributed by atoms with Crippen molar-refractivity contribution in [3.8, 4) is 0 Å². The van der Waals surface area contributed by atoms with E-state index in [1.165, 1.54) is 11.3 Å². The second-order valence-electron chi connectivity index (χ2n) is 5.82. The minimum Gasteiger partial charge on any atom is -0.340 e. The predicted octanol–water partition coefficient (Wildman–Crippen LogP) is 3.13. The molecule has 0 fully saturated rings. The number of thiazole rings is 1. The van der Waals surface area contributed by atoms with E-state index in [4.69, 9.17) is 0 Å². The summed E-state index contributed by atoms with van der Waals surface area (Å²) >= 11 is 1.39. The van der Waals surface area contributed by atoms with Crippen molar-refractivity contribution < 1.29 is 4.79 Å². The Morgan fingerprint density at radius 3 is 2.52 bits per heavy atom. The van der Waals surface area contributed by atoms with Crippen molar-refractivity contribution in [2.45, 2.75) is 39.7 Å². The van der Waals surface area contributed by atoms with Crippen molar-refractivity contribution in [1.29, 1.82) is 0 Å². The number of carbonyl (C=O) groups excluding carboxylic acids is 1. The van der Waals surface area contributed by atoms with E-state index >= 15 is 0 Å². The summed E-state index contributed by atoms with van der Waals surface area (Å²) in [5.41, 5.74) is 0.961. The molecule has 21 heavy (non-hydrogen) atoms. The maximum atomic E-state index is 12.4. The Bertz CT molecular complexity index is 615. The lowest BCUT2D eigenvalue weighted by Gasteiger charge is -2.21. The van der Waals surface area contributed by atoms with Gasteiger partial charge in [-0.2, -0.15) is 0 Å². The maximum Gasteiger partial charge on any atom is 0.280 e. The molecule has 0 saturated heterocycles. The molecule has 0 aromatic carbocycles. The Morgan fingerprint density at radius 1 is 1.33 bits per heavy atom. The van der Waals surface area contributed by atoms with Crippen LogP contribution in [0.1, 0.15) is 61.0 Å². The maximum absolute atomic E-state index is 12.4. The number of aromatic nitrogens is 3. The van der Waals surface area contributed by atoms with Crippen LogP contribution < -0.4 is 5.32 Å². The second-order valence-corrected chi connectivity index (χ2v) is 6.68. The van der Waals surface area contributed by atoms with Gasteiger partial charge in [0.25, 0.3) is 5.91 Å². The van der Waals surface area contributed by atoms with E-state index in [-0.39, 0.29) is 17.9 Å². The third-order valence-electron chi connectivity index (χ3n) is 3.40. The molecule has 1 N–H and O–H groups in total. The summed E-state index contributed by atoms with van der Waals surface area (Å²) in [6.07, 6.45) is 3.63. The fraction of sp³-hybridized carbons (Fsp3) is 0.533. The van der Waals surface area contributed by atoms with E-state index in [0.717, 1.165) is 11.5 Å². The summed E-state index contributed by atoms with van der Waals surface area (Å²) in [5, 5.41) is 5.52. The van der Waals surface area contributed by atoms with Crippen LogP contribution in [0.3, 0.4) is 0 Å². The van der Waals surface area contributed by atoms with Crippen LogP contribution in [-0.4, -0.2) is 20.4 Å². The minimum absolute atomic E-state index is 0.121. The lowest BCUT2D eigenvalue weighted by atomic mass is 10.0. The molecule has 2 aromatic rings. The number of hydrogen-bond donors (Lipinski definition) is 1. The van der Waals surface area contributed by atoms with Crippen LogP contribution in [0.4, 0.5) is 0 Å². The first-order chi connectivity index (χ1) is 9.90. The van der Waals surface area contributed by atoms with Crippen molar-refractivity contribution in [2.75, 3.05) is 0 Å². The molecule has 0 spiro atoms. The molecule has 1 amide bonds. The molecule has 0 aliphatic rings. The van der Waals surface area contributed by atoms with Crippen molar-refractivity contribution in [2.24, 2.45) is 13.0 Å². The first kappa shape index (κ1) is 15.7. The summed E-state index contributed by atoms with van der Waals surface area (Å²) in [7, 11) is 1.93. The molecule has 114 valence electrons. The predicted molar refractivity (Wildman–Crippen MR) is 84.5 cm³/mol. The quantitative estimate of drug-likeness (QED) is 0.923. The van der Waals surface area contributed by atoms with Crippen LogP contribution in [0, 0.1) is 5.92 Å². The van der Waals surface area contributed by atoms with Gasteiger partial charge >= 0.3 is 0 Å². The van der Waals surface area contributed by atoms with Gasteiger partial charge in [0.05, 0.1) is 11.7 Å². The molecule has 2 rings (SSSR count). The molecule has 0 aliphatic heterocycles. The lowest BCUT2D eigenvalue weighted by molar-refractivity contribution is 0.0922. The Labute approximate surface area is 129 Å². The highest BCUT2D eigenvalue weighted by Gasteiger charge is 2.24. The lowest BCUT2D eigenvalue weighted by Crippen LogP contribution is -2.33. The number of amides is 1. The second kappa shape index (κ2) is 6.39. The molecule has 0 aliphatic carbocycles. The molecule has 0 radical (unpaired) electrons. The number of carbonyl (C=O) groups is 1. The standard InChI is InChI=1S/C15H22N4OS/c1-9(2)11-8-21-15(17-11)14(20)18-12(10(3)4)13-16-6-7-19(13)5/h6-10,12H,1-5H3,(H,18,20)/t12-/m0/s1. The Balaban J connectivity index is 2.17. The number of imidazole rings is 1. The molecule has 2 heterocycles. The molecule has 6 heteroatoms. The summed E-state index contributed by atoms with van der Waals surface area (Å²) < 4.78 is 1.94. The molecule has 1 atom stereocenters. The van der Waals surface area contributed by atoms with Crippen LogP contribution in [0.25, 0.3) is 0 Å². The van der Waals surface area contributed by atoms with Gasteiger partial charge < -0.3 is 9.88 Å². The van der Waals surface area contributed by atoms with Gasteiger partial charge in [0.2, 0.25) is 0 Å². The minimum atomic E-state index is -0.131. The van der Waals surface area contributed by atoms with Crippen molar-refractivity contribution in [3.05, 3.63) is 34.3 Å². The number of rotatable bonds is 5. The zero-order valence-electron chi connectivity index (χ0n) is 13.1. The van der Waals surface area contributed by atoms with Gasteiger partial charge in [-0.15, -0.1) is 11.3 Å². The van der Waals surface area contributed by atoms with Gasteiger partial charge in [0, 0.05) is 24.8 Å². The monoisotopic (exact) mass is 306 g/mol. The first-order valence-corrected chi connectivity index (χ1v) is 8.01. The largest absolute Gasteiger partial charge is 0.340 e. The molecular formula is C15H22N4OS. The zero-order chi connectivity index (χ0) is 15.6.